The second kappa shape index (κ2) is 7.62. The topological polar surface area (TPSA) is 62.2 Å². The van der Waals surface area contributed by atoms with E-state index in [-0.39, 0.29) is 18.9 Å². The van der Waals surface area contributed by atoms with Crippen LogP contribution in [0.3, 0.4) is 0 Å². The van der Waals surface area contributed by atoms with E-state index in [0.29, 0.717) is 5.56 Å². The molecule has 0 bridgehead atoms. The first-order valence-electron chi connectivity index (χ1n) is 8.50. The average molecular weight is 352 g/mol. The lowest BCUT2D eigenvalue weighted by Crippen LogP contribution is -2.30. The molecule has 4 nitrogen and oxygen atoms in total. The number of aromatic nitrogens is 1. The Morgan fingerprint density at radius 3 is 2.73 bits per heavy atom. The minimum absolute atomic E-state index is 0.0292. The van der Waals surface area contributed by atoms with Crippen LogP contribution in [0.2, 0.25) is 0 Å². The molecule has 0 radical (unpaired) electrons. The fraction of sp³-hybridized carbons (Fsp3) is 0.238. The highest BCUT2D eigenvalue weighted by molar-refractivity contribution is 5.86. The van der Waals surface area contributed by atoms with Crippen LogP contribution in [0.5, 0.6) is 0 Å². The zero-order valence-electron chi connectivity index (χ0n) is 14.8. The molecule has 3 rings (SSSR count). The van der Waals surface area contributed by atoms with Crippen molar-refractivity contribution in [3.8, 4) is 0 Å². The molecular formula is C21H21FN2O2. The number of aliphatic hydroxyl groups excluding tert-OH is 1. The van der Waals surface area contributed by atoms with Gasteiger partial charge in [-0.1, -0.05) is 30.3 Å². The van der Waals surface area contributed by atoms with E-state index < -0.39 is 11.9 Å². The fourth-order valence-corrected chi connectivity index (χ4v) is 3.10. The normalized spacial score (nSPS) is 12.2. The third kappa shape index (κ3) is 3.89. The standard InChI is InChI=1S/C21H21FN2O2/c1-13-17-8-3-4-9-19(17)24-14(2)18(13)11-21(26)23-12-20(25)15-6-5-7-16(22)10-15/h3-10,20,25H,11-12H2,1-2H3,(H,23,26). The number of pyridine rings is 1. The first kappa shape index (κ1) is 18.0. The number of aliphatic hydroxyl groups is 1. The number of nitrogens with one attached hydrogen (secondary N) is 1. The van der Waals surface area contributed by atoms with Gasteiger partial charge in [-0.25, -0.2) is 4.39 Å². The lowest BCUT2D eigenvalue weighted by Gasteiger charge is -2.15. The van der Waals surface area contributed by atoms with Gasteiger partial charge in [-0.15, -0.1) is 0 Å². The van der Waals surface area contributed by atoms with E-state index >= 15 is 0 Å². The Labute approximate surface area is 151 Å². The maximum atomic E-state index is 13.2. The van der Waals surface area contributed by atoms with E-state index in [4.69, 9.17) is 0 Å². The maximum absolute atomic E-state index is 13.2. The number of benzene rings is 2. The monoisotopic (exact) mass is 352 g/mol. The van der Waals surface area contributed by atoms with Gasteiger partial charge in [-0.2, -0.15) is 0 Å². The lowest BCUT2D eigenvalue weighted by atomic mass is 9.99. The highest BCUT2D eigenvalue weighted by atomic mass is 19.1. The molecule has 1 heterocycles. The Bertz CT molecular complexity index is 956. The van der Waals surface area contributed by atoms with Gasteiger partial charge in [0.1, 0.15) is 5.82 Å². The first-order valence-corrected chi connectivity index (χ1v) is 8.50. The van der Waals surface area contributed by atoms with Crippen molar-refractivity contribution in [1.29, 1.82) is 0 Å². The number of carbonyl (C=O) groups is 1. The molecular weight excluding hydrogens is 331 g/mol. The number of aryl methyl sites for hydroxylation is 2. The summed E-state index contributed by atoms with van der Waals surface area (Å²) >= 11 is 0. The van der Waals surface area contributed by atoms with E-state index in [1.54, 1.807) is 6.07 Å². The van der Waals surface area contributed by atoms with Crippen LogP contribution < -0.4 is 5.32 Å². The molecule has 0 fully saturated rings. The van der Waals surface area contributed by atoms with Crippen LogP contribution in [-0.2, 0) is 11.2 Å². The highest BCUT2D eigenvalue weighted by Crippen LogP contribution is 2.23. The summed E-state index contributed by atoms with van der Waals surface area (Å²) in [5, 5.41) is 13.9. The third-order valence-electron chi connectivity index (χ3n) is 4.55. The quantitative estimate of drug-likeness (QED) is 0.740. The van der Waals surface area contributed by atoms with Crippen LogP contribution in [0.25, 0.3) is 10.9 Å². The Kier molecular flexibility index (Phi) is 5.28. The number of carbonyl (C=O) groups excluding carboxylic acids is 1. The van der Waals surface area contributed by atoms with Crippen molar-refractivity contribution in [3.63, 3.8) is 0 Å². The van der Waals surface area contributed by atoms with Gasteiger partial charge in [0.15, 0.2) is 0 Å². The summed E-state index contributed by atoms with van der Waals surface area (Å²) in [4.78, 5) is 16.9. The molecule has 0 aliphatic rings. The Balaban J connectivity index is 1.69. The smallest absolute Gasteiger partial charge is 0.224 e. The zero-order valence-corrected chi connectivity index (χ0v) is 14.8. The highest BCUT2D eigenvalue weighted by Gasteiger charge is 2.15. The average Bonchev–Trinajstić information content (AvgIpc) is 2.63. The van der Waals surface area contributed by atoms with Gasteiger partial charge >= 0.3 is 0 Å². The van der Waals surface area contributed by atoms with E-state index in [9.17, 15) is 14.3 Å². The molecule has 1 aromatic heterocycles. The maximum Gasteiger partial charge on any atom is 0.224 e. The fourth-order valence-electron chi connectivity index (χ4n) is 3.10. The summed E-state index contributed by atoms with van der Waals surface area (Å²) in [7, 11) is 0. The van der Waals surface area contributed by atoms with Crippen LogP contribution in [-0.4, -0.2) is 22.5 Å². The van der Waals surface area contributed by atoms with Crippen molar-refractivity contribution in [2.75, 3.05) is 6.54 Å². The van der Waals surface area contributed by atoms with E-state index in [1.165, 1.54) is 18.2 Å². The largest absolute Gasteiger partial charge is 0.387 e. The summed E-state index contributed by atoms with van der Waals surface area (Å²) in [6, 6.07) is 13.6. The molecule has 1 unspecified atom stereocenters. The van der Waals surface area contributed by atoms with Crippen LogP contribution in [0.4, 0.5) is 4.39 Å². The summed E-state index contributed by atoms with van der Waals surface area (Å²) in [5.41, 5.74) is 4.09. The van der Waals surface area contributed by atoms with Crippen molar-refractivity contribution >= 4 is 16.8 Å². The number of fused-ring (bicyclic) bond motifs is 1. The Morgan fingerprint density at radius 2 is 1.96 bits per heavy atom. The second-order valence-electron chi connectivity index (χ2n) is 6.37. The summed E-state index contributed by atoms with van der Waals surface area (Å²) in [6.45, 7) is 3.91. The van der Waals surface area contributed by atoms with E-state index in [1.807, 2.05) is 38.1 Å². The predicted octanol–water partition coefficient (Wildman–Crippen LogP) is 3.38. The molecule has 0 saturated heterocycles. The van der Waals surface area contributed by atoms with Gasteiger partial charge in [0.05, 0.1) is 18.0 Å². The van der Waals surface area contributed by atoms with Crippen LogP contribution >= 0.6 is 0 Å². The summed E-state index contributed by atoms with van der Waals surface area (Å²) in [6.07, 6.45) is -0.766. The van der Waals surface area contributed by atoms with Crippen LogP contribution in [0, 0.1) is 19.7 Å². The Hall–Kier alpha value is -2.79. The summed E-state index contributed by atoms with van der Waals surface area (Å²) < 4.78 is 13.2. The van der Waals surface area contributed by atoms with Gasteiger partial charge in [0.2, 0.25) is 5.91 Å². The molecule has 5 heteroatoms. The van der Waals surface area contributed by atoms with Crippen molar-refractivity contribution in [2.24, 2.45) is 0 Å². The van der Waals surface area contributed by atoms with Gasteiger partial charge in [-0.3, -0.25) is 9.78 Å². The van der Waals surface area contributed by atoms with Crippen molar-refractivity contribution in [2.45, 2.75) is 26.4 Å². The minimum atomic E-state index is -0.952. The molecule has 0 aliphatic heterocycles. The molecule has 2 N–H and O–H groups in total. The minimum Gasteiger partial charge on any atom is -0.387 e. The van der Waals surface area contributed by atoms with Crippen molar-refractivity contribution in [1.82, 2.24) is 10.3 Å². The number of rotatable bonds is 5. The van der Waals surface area contributed by atoms with Gasteiger partial charge < -0.3 is 10.4 Å². The molecule has 1 atom stereocenters. The SMILES string of the molecule is Cc1nc2ccccc2c(C)c1CC(=O)NCC(O)c1cccc(F)c1. The number of amides is 1. The van der Waals surface area contributed by atoms with Gasteiger partial charge in [-0.05, 0) is 48.7 Å². The van der Waals surface area contributed by atoms with Crippen molar-refractivity contribution < 1.29 is 14.3 Å². The molecule has 2 aromatic carbocycles. The molecule has 26 heavy (non-hydrogen) atoms. The molecule has 3 aromatic rings. The van der Waals surface area contributed by atoms with Crippen LogP contribution in [0.1, 0.15) is 28.5 Å². The number of nitrogens with zero attached hydrogens (tertiary/aromatic N) is 1. The van der Waals surface area contributed by atoms with Gasteiger partial charge in [0, 0.05) is 17.6 Å². The third-order valence-corrected chi connectivity index (χ3v) is 4.55. The summed E-state index contributed by atoms with van der Waals surface area (Å²) in [5.74, 6) is -0.620. The lowest BCUT2D eigenvalue weighted by molar-refractivity contribution is -0.120. The second-order valence-corrected chi connectivity index (χ2v) is 6.37. The molecule has 1 amide bonds. The number of halogens is 1. The molecule has 134 valence electrons. The Morgan fingerprint density at radius 1 is 1.19 bits per heavy atom. The number of hydrogen-bond donors (Lipinski definition) is 2. The van der Waals surface area contributed by atoms with E-state index in [0.717, 1.165) is 27.7 Å². The van der Waals surface area contributed by atoms with E-state index in [2.05, 4.69) is 10.3 Å². The molecule has 0 aliphatic carbocycles. The predicted molar refractivity (Wildman–Crippen MR) is 99.3 cm³/mol. The molecule has 0 saturated carbocycles. The van der Waals surface area contributed by atoms with Gasteiger partial charge in [0.25, 0.3) is 0 Å². The zero-order chi connectivity index (χ0) is 18.7. The van der Waals surface area contributed by atoms with Crippen molar-refractivity contribution in [3.05, 3.63) is 76.7 Å². The first-order chi connectivity index (χ1) is 12.5. The van der Waals surface area contributed by atoms with Crippen LogP contribution in [0.15, 0.2) is 48.5 Å². The molecule has 0 spiro atoms. The number of hydrogen-bond acceptors (Lipinski definition) is 3. The number of para-hydroxylation sites is 1.